The second-order valence-corrected chi connectivity index (χ2v) is 7.86. The zero-order valence-electron chi connectivity index (χ0n) is 15.2. The summed E-state index contributed by atoms with van der Waals surface area (Å²) in [5, 5.41) is 4.52. The first-order valence-electron chi connectivity index (χ1n) is 9.75. The monoisotopic (exact) mass is 365 g/mol. The summed E-state index contributed by atoms with van der Waals surface area (Å²) in [6.45, 7) is 2.47. The maximum absolute atomic E-state index is 12.9. The molecule has 2 aliphatic heterocycles. The highest BCUT2D eigenvalue weighted by Gasteiger charge is 2.38. The normalized spacial score (nSPS) is 22.2. The highest BCUT2D eigenvalue weighted by Crippen LogP contribution is 2.38. The number of aromatic nitrogens is 2. The number of carbonyl (C=O) groups excluding carboxylic acids is 1. The van der Waals surface area contributed by atoms with E-state index in [1.807, 2.05) is 29.2 Å². The Morgan fingerprint density at radius 1 is 1.15 bits per heavy atom. The first-order valence-corrected chi connectivity index (χ1v) is 9.75. The molecule has 1 amide bonds. The molecule has 3 heterocycles. The van der Waals surface area contributed by atoms with Crippen molar-refractivity contribution in [2.24, 2.45) is 5.92 Å². The van der Waals surface area contributed by atoms with Crippen molar-refractivity contribution in [3.8, 4) is 0 Å². The first-order chi connectivity index (χ1) is 13.2. The van der Waals surface area contributed by atoms with Crippen molar-refractivity contribution < 1.29 is 9.53 Å². The topological polar surface area (TPSA) is 64.4 Å². The summed E-state index contributed by atoms with van der Waals surface area (Å²) >= 11 is 0. The first kappa shape index (κ1) is 16.7. The van der Waals surface area contributed by atoms with Gasteiger partial charge in [0.1, 0.15) is 0 Å². The van der Waals surface area contributed by atoms with Gasteiger partial charge in [-0.2, -0.15) is 5.10 Å². The Labute approximate surface area is 157 Å². The van der Waals surface area contributed by atoms with E-state index >= 15 is 0 Å². The predicted octanol–water partition coefficient (Wildman–Crippen LogP) is 1.89. The summed E-state index contributed by atoms with van der Waals surface area (Å²) in [5.41, 5.74) is 3.15. The summed E-state index contributed by atoms with van der Waals surface area (Å²) in [6.07, 6.45) is 2.70. The third kappa shape index (κ3) is 3.18. The van der Waals surface area contributed by atoms with Crippen LogP contribution in [0.3, 0.4) is 0 Å². The summed E-state index contributed by atoms with van der Waals surface area (Å²) in [4.78, 5) is 26.8. The van der Waals surface area contributed by atoms with Gasteiger partial charge in [0.05, 0.1) is 18.8 Å². The third-order valence-corrected chi connectivity index (χ3v) is 5.80. The van der Waals surface area contributed by atoms with Crippen molar-refractivity contribution in [3.63, 3.8) is 0 Å². The van der Waals surface area contributed by atoms with Gasteiger partial charge >= 0.3 is 0 Å². The minimum atomic E-state index is -0.491. The third-order valence-electron chi connectivity index (χ3n) is 5.80. The molecule has 1 aromatic carbocycles. The molecular formula is C21H23N3O3. The van der Waals surface area contributed by atoms with Crippen LogP contribution < -0.4 is 5.56 Å². The van der Waals surface area contributed by atoms with Gasteiger partial charge in [0.25, 0.3) is 11.5 Å². The molecule has 0 radical (unpaired) electrons. The number of carbonyl (C=O) groups is 1. The van der Waals surface area contributed by atoms with Gasteiger partial charge < -0.3 is 9.64 Å². The second-order valence-electron chi connectivity index (χ2n) is 7.86. The molecule has 1 saturated heterocycles. The minimum Gasteiger partial charge on any atom is -0.363 e. The summed E-state index contributed by atoms with van der Waals surface area (Å²) < 4.78 is 7.36. The molecule has 5 rings (SSSR count). The lowest BCUT2D eigenvalue weighted by Crippen LogP contribution is -2.54. The average Bonchev–Trinajstić information content (AvgIpc) is 3.50. The summed E-state index contributed by atoms with van der Waals surface area (Å²) in [5.74, 6) is 0.831. The number of rotatable bonds is 4. The van der Waals surface area contributed by atoms with Gasteiger partial charge in [0.15, 0.2) is 6.10 Å². The fraction of sp³-hybridized carbons (Fsp3) is 0.476. The van der Waals surface area contributed by atoms with Crippen molar-refractivity contribution in [2.45, 2.75) is 37.8 Å². The summed E-state index contributed by atoms with van der Waals surface area (Å²) in [6, 6.07) is 11.5. The molecule has 1 saturated carbocycles. The largest absolute Gasteiger partial charge is 0.363 e. The second kappa shape index (κ2) is 6.60. The SMILES string of the molecule is O=C(C1OCCc2ccccc21)N1CC(Cn2nc(C3CC3)ccc2=O)C1. The number of amides is 1. The van der Waals surface area contributed by atoms with E-state index in [-0.39, 0.29) is 17.4 Å². The zero-order valence-corrected chi connectivity index (χ0v) is 15.2. The zero-order chi connectivity index (χ0) is 18.4. The predicted molar refractivity (Wildman–Crippen MR) is 99.4 cm³/mol. The molecule has 2 fully saturated rings. The average molecular weight is 365 g/mol. The molecule has 6 nitrogen and oxygen atoms in total. The van der Waals surface area contributed by atoms with Crippen molar-refractivity contribution >= 4 is 5.91 Å². The van der Waals surface area contributed by atoms with Gasteiger partial charge in [-0.1, -0.05) is 24.3 Å². The van der Waals surface area contributed by atoms with Crippen LogP contribution in [0.25, 0.3) is 0 Å². The minimum absolute atomic E-state index is 0.0328. The maximum atomic E-state index is 12.9. The molecule has 6 heteroatoms. The molecular weight excluding hydrogens is 342 g/mol. The lowest BCUT2D eigenvalue weighted by molar-refractivity contribution is -0.152. The molecule has 0 N–H and O–H groups in total. The van der Waals surface area contributed by atoms with Gasteiger partial charge in [-0.15, -0.1) is 0 Å². The van der Waals surface area contributed by atoms with Crippen LogP contribution in [-0.2, 0) is 22.5 Å². The lowest BCUT2D eigenvalue weighted by atomic mass is 9.94. The quantitative estimate of drug-likeness (QED) is 0.830. The lowest BCUT2D eigenvalue weighted by Gasteiger charge is -2.41. The molecule has 1 unspecified atom stereocenters. The van der Waals surface area contributed by atoms with Crippen LogP contribution in [0.2, 0.25) is 0 Å². The molecule has 3 aliphatic rings. The molecule has 2 aromatic rings. The van der Waals surface area contributed by atoms with E-state index in [0.29, 0.717) is 32.2 Å². The van der Waals surface area contributed by atoms with Crippen LogP contribution in [0.15, 0.2) is 41.2 Å². The number of likely N-dealkylation sites (tertiary alicyclic amines) is 1. The van der Waals surface area contributed by atoms with Crippen LogP contribution in [0.4, 0.5) is 0 Å². The molecule has 1 aliphatic carbocycles. The van der Waals surface area contributed by atoms with E-state index in [9.17, 15) is 9.59 Å². The van der Waals surface area contributed by atoms with E-state index in [1.54, 1.807) is 10.7 Å². The Balaban J connectivity index is 1.23. The molecule has 0 bridgehead atoms. The van der Waals surface area contributed by atoms with Crippen LogP contribution >= 0.6 is 0 Å². The van der Waals surface area contributed by atoms with E-state index in [4.69, 9.17) is 4.74 Å². The molecule has 27 heavy (non-hydrogen) atoms. The number of benzene rings is 1. The van der Waals surface area contributed by atoms with E-state index in [2.05, 4.69) is 11.2 Å². The number of hydrogen-bond donors (Lipinski definition) is 0. The molecule has 1 aromatic heterocycles. The van der Waals surface area contributed by atoms with Crippen molar-refractivity contribution in [3.05, 3.63) is 63.6 Å². The summed E-state index contributed by atoms with van der Waals surface area (Å²) in [7, 11) is 0. The van der Waals surface area contributed by atoms with Crippen molar-refractivity contribution in [2.75, 3.05) is 19.7 Å². The fourth-order valence-corrected chi connectivity index (χ4v) is 4.07. The van der Waals surface area contributed by atoms with Gasteiger partial charge in [-0.3, -0.25) is 9.59 Å². The smallest absolute Gasteiger partial charge is 0.266 e. The Morgan fingerprint density at radius 2 is 1.96 bits per heavy atom. The molecule has 1 atom stereocenters. The van der Waals surface area contributed by atoms with E-state index in [0.717, 1.165) is 17.7 Å². The van der Waals surface area contributed by atoms with Crippen molar-refractivity contribution in [1.29, 1.82) is 0 Å². The number of fused-ring (bicyclic) bond motifs is 1. The van der Waals surface area contributed by atoms with Gasteiger partial charge in [-0.05, 0) is 36.5 Å². The van der Waals surface area contributed by atoms with Crippen LogP contribution in [0.1, 0.15) is 41.7 Å². The Kier molecular flexibility index (Phi) is 4.08. The van der Waals surface area contributed by atoms with Gasteiger partial charge in [0.2, 0.25) is 0 Å². The highest BCUT2D eigenvalue weighted by atomic mass is 16.5. The maximum Gasteiger partial charge on any atom is 0.266 e. The Bertz CT molecular complexity index is 928. The van der Waals surface area contributed by atoms with Crippen LogP contribution in [0.5, 0.6) is 0 Å². The molecule has 140 valence electrons. The van der Waals surface area contributed by atoms with Gasteiger partial charge in [0, 0.05) is 31.0 Å². The molecule has 0 spiro atoms. The van der Waals surface area contributed by atoms with Crippen LogP contribution in [-0.4, -0.2) is 40.3 Å². The van der Waals surface area contributed by atoms with Gasteiger partial charge in [-0.25, -0.2) is 4.68 Å². The fourth-order valence-electron chi connectivity index (χ4n) is 4.07. The Morgan fingerprint density at radius 3 is 2.78 bits per heavy atom. The van der Waals surface area contributed by atoms with E-state index in [1.165, 1.54) is 18.4 Å². The number of nitrogens with zero attached hydrogens (tertiary/aromatic N) is 3. The number of ether oxygens (including phenoxy) is 1. The number of hydrogen-bond acceptors (Lipinski definition) is 4. The van der Waals surface area contributed by atoms with E-state index < -0.39 is 6.10 Å². The van der Waals surface area contributed by atoms with Crippen LogP contribution in [0, 0.1) is 5.92 Å². The highest BCUT2D eigenvalue weighted by molar-refractivity contribution is 5.83. The Hall–Kier alpha value is -2.47. The standard InChI is InChI=1S/C21H23N3O3/c25-19-8-7-18(16-5-6-16)22-24(19)13-14-11-23(12-14)21(26)20-17-4-2-1-3-15(17)9-10-27-20/h1-4,7-8,14,16,20H,5-6,9-13H2. The van der Waals surface area contributed by atoms with Crippen molar-refractivity contribution in [1.82, 2.24) is 14.7 Å².